The van der Waals surface area contributed by atoms with Crippen LogP contribution < -0.4 is 10.6 Å². The molecule has 0 saturated heterocycles. The molecule has 0 aliphatic carbocycles. The summed E-state index contributed by atoms with van der Waals surface area (Å²) in [5, 5.41) is 5.67. The highest BCUT2D eigenvalue weighted by Gasteiger charge is 2.37. The van der Waals surface area contributed by atoms with Crippen LogP contribution in [-0.4, -0.2) is 37.1 Å². The van der Waals surface area contributed by atoms with Crippen LogP contribution in [0.15, 0.2) is 53.4 Å². The lowest BCUT2D eigenvalue weighted by Crippen LogP contribution is -2.43. The number of hydrogen-bond donors (Lipinski definition) is 2. The lowest BCUT2D eigenvalue weighted by atomic mass is 9.92. The van der Waals surface area contributed by atoms with E-state index in [2.05, 4.69) is 10.6 Å². The molecule has 0 spiro atoms. The van der Waals surface area contributed by atoms with Crippen molar-refractivity contribution >= 4 is 27.5 Å². The van der Waals surface area contributed by atoms with Crippen LogP contribution in [0.25, 0.3) is 0 Å². The second kappa shape index (κ2) is 10.3. The van der Waals surface area contributed by atoms with E-state index in [1.165, 1.54) is 16.4 Å². The number of benzene rings is 2. The first-order chi connectivity index (χ1) is 15.3. The van der Waals surface area contributed by atoms with Crippen LogP contribution in [0.1, 0.15) is 57.2 Å². The number of rotatable bonds is 8. The molecule has 32 heavy (non-hydrogen) atoms. The maximum Gasteiger partial charge on any atom is 0.243 e. The first-order valence-electron chi connectivity index (χ1n) is 11.0. The molecule has 8 heteroatoms. The molecule has 172 valence electrons. The number of fused-ring (bicyclic) bond motifs is 1. The van der Waals surface area contributed by atoms with Crippen LogP contribution in [0.3, 0.4) is 0 Å². The molecule has 2 amide bonds. The molecule has 2 aromatic rings. The third kappa shape index (κ3) is 5.37. The minimum absolute atomic E-state index is 0.0252. The SMILES string of the molecule is CCC(=O)Nc1ccc(S(=O)(=O)N2CCc3ccccc3[C@H]2CC(=O)N[C@@H](C)CC)cc1. The minimum Gasteiger partial charge on any atom is -0.354 e. The average molecular weight is 458 g/mol. The van der Waals surface area contributed by atoms with Gasteiger partial charge in [0.15, 0.2) is 0 Å². The summed E-state index contributed by atoms with van der Waals surface area (Å²) in [6, 6.07) is 13.3. The summed E-state index contributed by atoms with van der Waals surface area (Å²) in [6.45, 7) is 5.97. The molecule has 3 rings (SSSR count). The molecule has 0 radical (unpaired) electrons. The summed E-state index contributed by atoms with van der Waals surface area (Å²) in [5.74, 6) is -0.306. The summed E-state index contributed by atoms with van der Waals surface area (Å²) >= 11 is 0. The van der Waals surface area contributed by atoms with Crippen molar-refractivity contribution in [3.05, 3.63) is 59.7 Å². The highest BCUT2D eigenvalue weighted by atomic mass is 32.2. The topological polar surface area (TPSA) is 95.6 Å². The molecule has 0 saturated carbocycles. The lowest BCUT2D eigenvalue weighted by Gasteiger charge is -2.36. The fourth-order valence-corrected chi connectivity index (χ4v) is 5.44. The number of hydrogen-bond acceptors (Lipinski definition) is 4. The van der Waals surface area contributed by atoms with E-state index < -0.39 is 16.1 Å². The second-order valence-corrected chi connectivity index (χ2v) is 9.98. The van der Waals surface area contributed by atoms with Gasteiger partial charge in [0.2, 0.25) is 21.8 Å². The average Bonchev–Trinajstić information content (AvgIpc) is 2.79. The van der Waals surface area contributed by atoms with E-state index in [0.29, 0.717) is 25.1 Å². The Labute approximate surface area is 190 Å². The quantitative estimate of drug-likeness (QED) is 0.633. The molecule has 0 bridgehead atoms. The fraction of sp³-hybridized carbons (Fsp3) is 0.417. The molecule has 0 unspecified atom stereocenters. The first kappa shape index (κ1) is 23.9. The third-order valence-electron chi connectivity index (χ3n) is 5.83. The van der Waals surface area contributed by atoms with Gasteiger partial charge in [-0.15, -0.1) is 0 Å². The molecule has 1 heterocycles. The number of carbonyl (C=O) groups excluding carboxylic acids is 2. The zero-order chi connectivity index (χ0) is 23.3. The summed E-state index contributed by atoms with van der Waals surface area (Å²) in [6.07, 6.45) is 1.79. The van der Waals surface area contributed by atoms with Crippen molar-refractivity contribution in [2.75, 3.05) is 11.9 Å². The van der Waals surface area contributed by atoms with E-state index in [1.807, 2.05) is 38.1 Å². The minimum atomic E-state index is -3.84. The predicted octanol–water partition coefficient (Wildman–Crippen LogP) is 3.63. The zero-order valence-electron chi connectivity index (χ0n) is 18.8. The van der Waals surface area contributed by atoms with Gasteiger partial charge < -0.3 is 10.6 Å². The predicted molar refractivity (Wildman–Crippen MR) is 125 cm³/mol. The maximum absolute atomic E-state index is 13.6. The number of nitrogens with zero attached hydrogens (tertiary/aromatic N) is 1. The Balaban J connectivity index is 1.91. The van der Waals surface area contributed by atoms with Crippen LogP contribution in [-0.2, 0) is 26.0 Å². The van der Waals surface area contributed by atoms with Crippen molar-refractivity contribution in [1.82, 2.24) is 9.62 Å². The molecular formula is C24H31N3O4S. The van der Waals surface area contributed by atoms with Gasteiger partial charge in [-0.3, -0.25) is 9.59 Å². The van der Waals surface area contributed by atoms with Gasteiger partial charge in [-0.05, 0) is 55.2 Å². The molecule has 0 aromatic heterocycles. The van der Waals surface area contributed by atoms with Crippen molar-refractivity contribution in [3.8, 4) is 0 Å². The zero-order valence-corrected chi connectivity index (χ0v) is 19.6. The Morgan fingerprint density at radius 2 is 1.75 bits per heavy atom. The lowest BCUT2D eigenvalue weighted by molar-refractivity contribution is -0.122. The van der Waals surface area contributed by atoms with E-state index in [9.17, 15) is 18.0 Å². The third-order valence-corrected chi connectivity index (χ3v) is 7.75. The number of anilines is 1. The number of carbonyl (C=O) groups is 2. The molecule has 0 fully saturated rings. The second-order valence-electron chi connectivity index (χ2n) is 8.09. The molecule has 1 aliphatic rings. The first-order valence-corrected chi connectivity index (χ1v) is 12.5. The Morgan fingerprint density at radius 3 is 2.41 bits per heavy atom. The van der Waals surface area contributed by atoms with Crippen LogP contribution in [0.2, 0.25) is 0 Å². The van der Waals surface area contributed by atoms with E-state index in [1.54, 1.807) is 19.1 Å². The van der Waals surface area contributed by atoms with E-state index >= 15 is 0 Å². The van der Waals surface area contributed by atoms with Gasteiger partial charge >= 0.3 is 0 Å². The summed E-state index contributed by atoms with van der Waals surface area (Å²) in [5.41, 5.74) is 2.48. The normalized spacial score (nSPS) is 17.3. The monoisotopic (exact) mass is 457 g/mol. The number of sulfonamides is 1. The fourth-order valence-electron chi connectivity index (χ4n) is 3.83. The summed E-state index contributed by atoms with van der Waals surface area (Å²) in [7, 11) is -3.84. The van der Waals surface area contributed by atoms with Gasteiger partial charge in [-0.1, -0.05) is 38.1 Å². The number of nitrogens with one attached hydrogen (secondary N) is 2. The van der Waals surface area contributed by atoms with Crippen molar-refractivity contribution in [2.24, 2.45) is 0 Å². The van der Waals surface area contributed by atoms with Crippen molar-refractivity contribution in [3.63, 3.8) is 0 Å². The van der Waals surface area contributed by atoms with E-state index in [-0.39, 0.29) is 29.2 Å². The summed E-state index contributed by atoms with van der Waals surface area (Å²) < 4.78 is 28.6. The maximum atomic E-state index is 13.6. The molecule has 2 N–H and O–H groups in total. The van der Waals surface area contributed by atoms with Crippen molar-refractivity contribution in [1.29, 1.82) is 0 Å². The largest absolute Gasteiger partial charge is 0.354 e. The van der Waals surface area contributed by atoms with Crippen LogP contribution in [0, 0.1) is 0 Å². The van der Waals surface area contributed by atoms with Crippen LogP contribution in [0.5, 0.6) is 0 Å². The van der Waals surface area contributed by atoms with E-state index in [0.717, 1.165) is 17.5 Å². The smallest absolute Gasteiger partial charge is 0.243 e. The highest BCUT2D eigenvalue weighted by Crippen LogP contribution is 2.36. The van der Waals surface area contributed by atoms with Gasteiger partial charge in [-0.25, -0.2) is 8.42 Å². The standard InChI is InChI=1S/C24H31N3O4S/c1-4-17(3)25-24(29)16-22-21-9-7-6-8-18(21)14-15-27(22)32(30,31)20-12-10-19(11-13-20)26-23(28)5-2/h6-13,17,22H,4-5,14-16H2,1-3H3,(H,25,29)(H,26,28)/t17-,22+/m0/s1. The highest BCUT2D eigenvalue weighted by molar-refractivity contribution is 7.89. The Kier molecular flexibility index (Phi) is 7.69. The molecule has 1 aliphatic heterocycles. The van der Waals surface area contributed by atoms with Crippen LogP contribution in [0.4, 0.5) is 5.69 Å². The molecular weight excluding hydrogens is 426 g/mol. The molecule has 2 aromatic carbocycles. The summed E-state index contributed by atoms with van der Waals surface area (Å²) in [4.78, 5) is 24.4. The van der Waals surface area contributed by atoms with Crippen LogP contribution >= 0.6 is 0 Å². The Morgan fingerprint density at radius 1 is 1.06 bits per heavy atom. The Hall–Kier alpha value is -2.71. The van der Waals surface area contributed by atoms with Crippen molar-refractivity contribution in [2.45, 2.75) is 63.4 Å². The number of amides is 2. The Bertz CT molecular complexity index is 1070. The van der Waals surface area contributed by atoms with E-state index in [4.69, 9.17) is 0 Å². The molecule has 2 atom stereocenters. The van der Waals surface area contributed by atoms with Gasteiger partial charge in [0.25, 0.3) is 0 Å². The van der Waals surface area contributed by atoms with Gasteiger partial charge in [0, 0.05) is 31.1 Å². The van der Waals surface area contributed by atoms with Gasteiger partial charge in [0.1, 0.15) is 0 Å². The van der Waals surface area contributed by atoms with Gasteiger partial charge in [0.05, 0.1) is 10.9 Å². The van der Waals surface area contributed by atoms with Gasteiger partial charge in [-0.2, -0.15) is 4.31 Å². The van der Waals surface area contributed by atoms with Crippen molar-refractivity contribution < 1.29 is 18.0 Å². The molecule has 7 nitrogen and oxygen atoms in total.